The number of hydrogen-bond donors (Lipinski definition) is 1. The number of nitrogens with two attached hydrogens (primary N) is 1. The van der Waals surface area contributed by atoms with Gasteiger partial charge in [0, 0.05) is 24.5 Å². The van der Waals surface area contributed by atoms with Gasteiger partial charge in [-0.05, 0) is 37.6 Å². The van der Waals surface area contributed by atoms with Gasteiger partial charge in [0.2, 0.25) is 0 Å². The Morgan fingerprint density at radius 2 is 2.10 bits per heavy atom. The number of pyridine rings is 1. The third-order valence-corrected chi connectivity index (χ3v) is 3.14. The van der Waals surface area contributed by atoms with Crippen LogP contribution in [0.25, 0.3) is 0 Å². The quantitative estimate of drug-likeness (QED) is 0.880. The van der Waals surface area contributed by atoms with Crippen LogP contribution in [0.1, 0.15) is 29.8 Å². The summed E-state index contributed by atoms with van der Waals surface area (Å²) in [5, 5.41) is 0. The standard InChI is InChI=1S/C16H18FN3O/c1-11(2)20(10-12-4-3-5-15(18)6-12)16(21)13-7-14(17)9-19-8-13/h3-9,11H,10,18H2,1-2H3. The minimum atomic E-state index is -0.520. The number of aromatic nitrogens is 1. The molecule has 0 saturated heterocycles. The Morgan fingerprint density at radius 1 is 1.33 bits per heavy atom. The van der Waals surface area contributed by atoms with E-state index in [0.29, 0.717) is 12.2 Å². The van der Waals surface area contributed by atoms with Gasteiger partial charge in [-0.25, -0.2) is 4.39 Å². The fraction of sp³-hybridized carbons (Fsp3) is 0.250. The second kappa shape index (κ2) is 6.35. The fourth-order valence-corrected chi connectivity index (χ4v) is 2.07. The average molecular weight is 287 g/mol. The van der Waals surface area contributed by atoms with Gasteiger partial charge in [0.15, 0.2) is 0 Å². The molecule has 1 heterocycles. The van der Waals surface area contributed by atoms with Crippen molar-refractivity contribution in [3.05, 3.63) is 59.7 Å². The summed E-state index contributed by atoms with van der Waals surface area (Å²) in [6.07, 6.45) is 2.45. The van der Waals surface area contributed by atoms with Crippen LogP contribution in [-0.4, -0.2) is 21.8 Å². The molecule has 0 aliphatic heterocycles. The van der Waals surface area contributed by atoms with E-state index >= 15 is 0 Å². The van der Waals surface area contributed by atoms with Crippen molar-refractivity contribution < 1.29 is 9.18 Å². The minimum absolute atomic E-state index is 0.0257. The van der Waals surface area contributed by atoms with E-state index in [0.717, 1.165) is 11.8 Å². The summed E-state index contributed by atoms with van der Waals surface area (Å²) in [6.45, 7) is 4.24. The summed E-state index contributed by atoms with van der Waals surface area (Å²) in [7, 11) is 0. The van der Waals surface area contributed by atoms with Gasteiger partial charge < -0.3 is 10.6 Å². The van der Waals surface area contributed by atoms with Gasteiger partial charge in [-0.3, -0.25) is 9.78 Å². The lowest BCUT2D eigenvalue weighted by Crippen LogP contribution is -2.36. The van der Waals surface area contributed by atoms with E-state index in [4.69, 9.17) is 5.73 Å². The SMILES string of the molecule is CC(C)N(Cc1cccc(N)c1)C(=O)c1cncc(F)c1. The lowest BCUT2D eigenvalue weighted by molar-refractivity contribution is 0.0689. The molecule has 0 fully saturated rings. The van der Waals surface area contributed by atoms with Gasteiger partial charge in [-0.2, -0.15) is 0 Å². The summed E-state index contributed by atoms with van der Waals surface area (Å²) in [5.41, 5.74) is 7.58. The van der Waals surface area contributed by atoms with E-state index in [1.807, 2.05) is 32.0 Å². The molecule has 0 aliphatic rings. The van der Waals surface area contributed by atoms with Crippen molar-refractivity contribution in [3.63, 3.8) is 0 Å². The largest absolute Gasteiger partial charge is 0.399 e. The highest BCUT2D eigenvalue weighted by atomic mass is 19.1. The number of hydrogen-bond acceptors (Lipinski definition) is 3. The first-order valence-electron chi connectivity index (χ1n) is 6.73. The van der Waals surface area contributed by atoms with Crippen molar-refractivity contribution >= 4 is 11.6 Å². The van der Waals surface area contributed by atoms with E-state index < -0.39 is 5.82 Å². The van der Waals surface area contributed by atoms with Crippen molar-refractivity contribution in [1.82, 2.24) is 9.88 Å². The molecule has 21 heavy (non-hydrogen) atoms. The van der Waals surface area contributed by atoms with Crippen LogP contribution in [0, 0.1) is 5.82 Å². The Hall–Kier alpha value is -2.43. The van der Waals surface area contributed by atoms with Gasteiger partial charge in [0.05, 0.1) is 11.8 Å². The molecule has 0 bridgehead atoms. The molecule has 110 valence electrons. The second-order valence-electron chi connectivity index (χ2n) is 5.16. The maximum Gasteiger partial charge on any atom is 0.256 e. The zero-order valence-electron chi connectivity index (χ0n) is 12.1. The minimum Gasteiger partial charge on any atom is -0.399 e. The summed E-state index contributed by atoms with van der Waals surface area (Å²) in [4.78, 5) is 17.9. The smallest absolute Gasteiger partial charge is 0.256 e. The van der Waals surface area contributed by atoms with Gasteiger partial charge >= 0.3 is 0 Å². The second-order valence-corrected chi connectivity index (χ2v) is 5.16. The van der Waals surface area contributed by atoms with Crippen molar-refractivity contribution in [2.24, 2.45) is 0 Å². The number of nitrogens with zero attached hydrogens (tertiary/aromatic N) is 2. The lowest BCUT2D eigenvalue weighted by atomic mass is 10.1. The first-order chi connectivity index (χ1) is 9.97. The molecule has 0 radical (unpaired) electrons. The Labute approximate surface area is 123 Å². The molecule has 0 saturated carbocycles. The normalized spacial score (nSPS) is 10.7. The molecular weight excluding hydrogens is 269 g/mol. The molecule has 0 unspecified atom stereocenters. The van der Waals surface area contributed by atoms with Gasteiger partial charge in [0.25, 0.3) is 5.91 Å². The number of amides is 1. The molecule has 0 spiro atoms. The van der Waals surface area contributed by atoms with Crippen LogP contribution in [0.2, 0.25) is 0 Å². The van der Waals surface area contributed by atoms with E-state index in [1.54, 1.807) is 11.0 Å². The summed E-state index contributed by atoms with van der Waals surface area (Å²) < 4.78 is 13.2. The molecule has 0 atom stereocenters. The molecular formula is C16H18FN3O. The number of benzene rings is 1. The number of rotatable bonds is 4. The third-order valence-electron chi connectivity index (χ3n) is 3.14. The summed E-state index contributed by atoms with van der Waals surface area (Å²) in [6, 6.07) is 8.54. The molecule has 0 aliphatic carbocycles. The first-order valence-corrected chi connectivity index (χ1v) is 6.73. The zero-order chi connectivity index (χ0) is 15.4. The lowest BCUT2D eigenvalue weighted by Gasteiger charge is -2.27. The van der Waals surface area contributed by atoms with E-state index in [2.05, 4.69) is 4.98 Å². The van der Waals surface area contributed by atoms with E-state index in [9.17, 15) is 9.18 Å². The Morgan fingerprint density at radius 3 is 2.71 bits per heavy atom. The van der Waals surface area contributed by atoms with Crippen LogP contribution < -0.4 is 5.73 Å². The highest BCUT2D eigenvalue weighted by Gasteiger charge is 2.19. The maximum atomic E-state index is 13.2. The predicted molar refractivity (Wildman–Crippen MR) is 80.1 cm³/mol. The van der Waals surface area contributed by atoms with Crippen LogP contribution in [0.4, 0.5) is 10.1 Å². The van der Waals surface area contributed by atoms with Crippen molar-refractivity contribution in [2.75, 3.05) is 5.73 Å². The monoisotopic (exact) mass is 287 g/mol. The zero-order valence-corrected chi connectivity index (χ0v) is 12.1. The number of carbonyl (C=O) groups is 1. The highest BCUT2D eigenvalue weighted by Crippen LogP contribution is 2.15. The molecule has 4 nitrogen and oxygen atoms in total. The van der Waals surface area contributed by atoms with Gasteiger partial charge in [0.1, 0.15) is 5.82 Å². The predicted octanol–water partition coefficient (Wildman–Crippen LogP) is 2.85. The van der Waals surface area contributed by atoms with Crippen LogP contribution in [0.15, 0.2) is 42.7 Å². The Balaban J connectivity index is 2.25. The molecule has 2 rings (SSSR count). The Bertz CT molecular complexity index is 643. The van der Waals surface area contributed by atoms with Gasteiger partial charge in [-0.15, -0.1) is 0 Å². The van der Waals surface area contributed by atoms with Crippen molar-refractivity contribution in [1.29, 1.82) is 0 Å². The molecule has 1 aromatic carbocycles. The van der Waals surface area contributed by atoms with E-state index in [1.165, 1.54) is 12.3 Å². The molecule has 5 heteroatoms. The molecule has 1 amide bonds. The maximum absolute atomic E-state index is 13.2. The van der Waals surface area contributed by atoms with Crippen molar-refractivity contribution in [3.8, 4) is 0 Å². The summed E-state index contributed by atoms with van der Waals surface area (Å²) in [5.74, 6) is -0.770. The topological polar surface area (TPSA) is 59.2 Å². The van der Waals surface area contributed by atoms with Crippen LogP contribution in [0.3, 0.4) is 0 Å². The molecule has 1 aromatic heterocycles. The fourth-order valence-electron chi connectivity index (χ4n) is 2.07. The molecule has 2 aromatic rings. The summed E-state index contributed by atoms with van der Waals surface area (Å²) >= 11 is 0. The highest BCUT2D eigenvalue weighted by molar-refractivity contribution is 5.94. The van der Waals surface area contributed by atoms with Crippen LogP contribution >= 0.6 is 0 Å². The third kappa shape index (κ3) is 3.78. The van der Waals surface area contributed by atoms with Crippen LogP contribution in [0.5, 0.6) is 0 Å². The van der Waals surface area contributed by atoms with E-state index in [-0.39, 0.29) is 17.5 Å². The van der Waals surface area contributed by atoms with Gasteiger partial charge in [-0.1, -0.05) is 12.1 Å². The average Bonchev–Trinajstić information content (AvgIpc) is 2.44. The Kier molecular flexibility index (Phi) is 4.52. The number of nitrogen functional groups attached to an aromatic ring is 1. The number of anilines is 1. The van der Waals surface area contributed by atoms with Crippen LogP contribution in [-0.2, 0) is 6.54 Å². The molecule has 2 N–H and O–H groups in total. The number of halogens is 1. The van der Waals surface area contributed by atoms with Crippen molar-refractivity contribution in [2.45, 2.75) is 26.4 Å². The number of carbonyl (C=O) groups excluding carboxylic acids is 1. The first kappa shape index (κ1) is 15.0.